The van der Waals surface area contributed by atoms with Crippen LogP contribution in [-0.4, -0.2) is 136 Å². The number of ether oxygens (including phenoxy) is 6. The van der Waals surface area contributed by atoms with Crippen molar-refractivity contribution in [3.63, 3.8) is 0 Å². The lowest BCUT2D eigenvalue weighted by Crippen LogP contribution is -2.47. The molecule has 2 aliphatic rings. The summed E-state index contributed by atoms with van der Waals surface area (Å²) >= 11 is 0. The van der Waals surface area contributed by atoms with Gasteiger partial charge in [0, 0.05) is 55.7 Å². The Labute approximate surface area is 327 Å². The number of fused-ring (bicyclic) bond motifs is 2. The molecule has 0 bridgehead atoms. The summed E-state index contributed by atoms with van der Waals surface area (Å²) in [5.41, 5.74) is 1.51. The van der Waals surface area contributed by atoms with E-state index in [1.165, 1.54) is 14.2 Å². The molecule has 2 saturated heterocycles. The summed E-state index contributed by atoms with van der Waals surface area (Å²) in [6.07, 6.45) is 6.17. The van der Waals surface area contributed by atoms with Crippen LogP contribution in [0.5, 0.6) is 11.5 Å². The number of aliphatic hydroxyl groups is 2. The van der Waals surface area contributed by atoms with E-state index in [-0.39, 0.29) is 38.3 Å². The SMILES string of the molecule is COCC(CO)(OCC1CCN(c2ncnc3c(OC)cccc23)CC1)O[P+](=O)OC(CO)(COC)OCC1CCN(c2ncnc3c(OC)cccc23)CC1. The van der Waals surface area contributed by atoms with Crippen molar-refractivity contribution in [3.8, 4) is 11.5 Å². The van der Waals surface area contributed by atoms with Crippen LogP contribution in [-0.2, 0) is 32.6 Å². The first-order valence-corrected chi connectivity index (χ1v) is 19.8. The predicted molar refractivity (Wildman–Crippen MR) is 207 cm³/mol. The number of methoxy groups -OCH3 is 4. The van der Waals surface area contributed by atoms with Gasteiger partial charge in [-0.15, -0.1) is 0 Å². The molecular weight excluding hydrogens is 747 g/mol. The summed E-state index contributed by atoms with van der Waals surface area (Å²) in [6, 6.07) is 11.6. The van der Waals surface area contributed by atoms with E-state index < -0.39 is 33.0 Å². The van der Waals surface area contributed by atoms with Crippen LogP contribution in [0.1, 0.15) is 25.7 Å². The third-order valence-corrected chi connectivity index (χ3v) is 11.3. The third kappa shape index (κ3) is 9.61. The molecule has 2 unspecified atom stereocenters. The highest BCUT2D eigenvalue weighted by atomic mass is 31.1. The molecule has 56 heavy (non-hydrogen) atoms. The van der Waals surface area contributed by atoms with Gasteiger partial charge in [0.1, 0.15) is 73.3 Å². The zero-order chi connectivity index (χ0) is 39.5. The van der Waals surface area contributed by atoms with Gasteiger partial charge in [-0.1, -0.05) is 21.2 Å². The van der Waals surface area contributed by atoms with Gasteiger partial charge >= 0.3 is 8.25 Å². The molecule has 2 aromatic carbocycles. The third-order valence-electron chi connectivity index (χ3n) is 10.3. The number of nitrogens with zero attached hydrogens (tertiary/aromatic N) is 6. The van der Waals surface area contributed by atoms with Gasteiger partial charge in [-0.2, -0.15) is 0 Å². The molecule has 2 fully saturated rings. The number of hydrogen-bond donors (Lipinski definition) is 2. The van der Waals surface area contributed by atoms with E-state index in [9.17, 15) is 14.8 Å². The van der Waals surface area contributed by atoms with Crippen LogP contribution in [0.2, 0.25) is 0 Å². The average Bonchev–Trinajstić information content (AvgIpc) is 3.24. The molecule has 0 amide bonds. The first-order valence-electron chi connectivity index (χ1n) is 18.7. The fourth-order valence-electron chi connectivity index (χ4n) is 7.25. The molecule has 0 aliphatic carbocycles. The van der Waals surface area contributed by atoms with Gasteiger partial charge in [0.2, 0.25) is 0 Å². The van der Waals surface area contributed by atoms with Crippen LogP contribution in [0.15, 0.2) is 49.1 Å². The molecule has 0 radical (unpaired) electrons. The Morgan fingerprint density at radius 1 is 0.661 bits per heavy atom. The van der Waals surface area contributed by atoms with Crippen molar-refractivity contribution in [2.24, 2.45) is 11.8 Å². The second-order valence-electron chi connectivity index (χ2n) is 14.0. The highest BCUT2D eigenvalue weighted by molar-refractivity contribution is 7.33. The second kappa shape index (κ2) is 19.5. The Hall–Kier alpha value is -3.90. The van der Waals surface area contributed by atoms with E-state index in [0.717, 1.165) is 59.1 Å². The monoisotopic (exact) mass is 799 g/mol. The van der Waals surface area contributed by atoms with Crippen molar-refractivity contribution < 1.29 is 52.2 Å². The Morgan fingerprint density at radius 2 is 1.07 bits per heavy atom. The zero-order valence-electron chi connectivity index (χ0n) is 32.4. The number of aliphatic hydroxyl groups excluding tert-OH is 2. The molecule has 4 aromatic rings. The van der Waals surface area contributed by atoms with E-state index in [1.807, 2.05) is 36.4 Å². The highest BCUT2D eigenvalue weighted by Crippen LogP contribution is 2.40. The minimum absolute atomic E-state index is 0.106. The van der Waals surface area contributed by atoms with Gasteiger partial charge < -0.3 is 48.4 Å². The first kappa shape index (κ1) is 41.7. The summed E-state index contributed by atoms with van der Waals surface area (Å²) in [4.78, 5) is 22.4. The predicted octanol–water partition coefficient (Wildman–Crippen LogP) is 4.12. The Morgan fingerprint density at radius 3 is 1.43 bits per heavy atom. The molecule has 2 atom stereocenters. The molecule has 18 heteroatoms. The lowest BCUT2D eigenvalue weighted by Gasteiger charge is -2.35. The standard InChI is InChI=1S/C38H52N6O11P/c1-48-23-37(21-45,52-19-27-11-15-43(16-12-27)35-29-7-5-9-31(50-3)33(29)39-25-41-35)54-56(47)55-38(22-46,24-49-2)53-20-28-13-17-44(18-14-28)36-30-8-6-10-32(51-4)34(30)40-26-42-36/h5-10,25-28,45-46H,11-24H2,1-4H3/q+1. The lowest BCUT2D eigenvalue weighted by molar-refractivity contribution is -0.259. The fraction of sp³-hybridized carbons (Fsp3) is 0.579. The summed E-state index contributed by atoms with van der Waals surface area (Å²) in [6.45, 7) is 1.47. The molecule has 2 aromatic heterocycles. The van der Waals surface area contributed by atoms with E-state index in [0.29, 0.717) is 37.7 Å². The molecule has 2 N–H and O–H groups in total. The topological polar surface area (TPSA) is 189 Å². The maximum absolute atomic E-state index is 13.5. The number of benzene rings is 2. The Bertz CT molecular complexity index is 1760. The molecule has 0 spiro atoms. The van der Waals surface area contributed by atoms with Crippen LogP contribution >= 0.6 is 8.25 Å². The molecule has 0 saturated carbocycles. The van der Waals surface area contributed by atoms with Gasteiger partial charge in [0.25, 0.3) is 11.6 Å². The number of rotatable bonds is 20. The van der Waals surface area contributed by atoms with E-state index >= 15 is 0 Å². The van der Waals surface area contributed by atoms with Crippen LogP contribution in [0.25, 0.3) is 21.8 Å². The summed E-state index contributed by atoms with van der Waals surface area (Å²) in [7, 11) is 3.07. The number of piperidine rings is 2. The number of anilines is 2. The number of aromatic nitrogens is 4. The van der Waals surface area contributed by atoms with Crippen LogP contribution in [0.4, 0.5) is 11.6 Å². The van der Waals surface area contributed by atoms with Crippen molar-refractivity contribution in [1.29, 1.82) is 0 Å². The first-order chi connectivity index (χ1) is 27.3. The summed E-state index contributed by atoms with van der Waals surface area (Å²) in [5, 5.41) is 22.8. The van der Waals surface area contributed by atoms with Crippen molar-refractivity contribution in [3.05, 3.63) is 49.1 Å². The smallest absolute Gasteiger partial charge is 0.494 e. The average molecular weight is 800 g/mol. The van der Waals surface area contributed by atoms with Crippen molar-refractivity contribution in [2.75, 3.05) is 104 Å². The van der Waals surface area contributed by atoms with E-state index in [2.05, 4.69) is 29.7 Å². The maximum Gasteiger partial charge on any atom is 0.703 e. The molecule has 6 rings (SSSR count). The number of hydrogen-bond acceptors (Lipinski definition) is 17. The second-order valence-corrected chi connectivity index (χ2v) is 14.8. The van der Waals surface area contributed by atoms with E-state index in [1.54, 1.807) is 26.9 Å². The van der Waals surface area contributed by atoms with Crippen LogP contribution in [0.3, 0.4) is 0 Å². The van der Waals surface area contributed by atoms with Crippen LogP contribution < -0.4 is 19.3 Å². The quantitative estimate of drug-likeness (QED) is 0.0959. The zero-order valence-corrected chi connectivity index (χ0v) is 33.3. The molecule has 2 aliphatic heterocycles. The molecule has 4 heterocycles. The fourth-order valence-corrected chi connectivity index (χ4v) is 8.16. The van der Waals surface area contributed by atoms with Crippen LogP contribution in [0, 0.1) is 11.8 Å². The Balaban J connectivity index is 1.02. The van der Waals surface area contributed by atoms with Gasteiger partial charge in [-0.05, 0) is 61.8 Å². The Kier molecular flexibility index (Phi) is 14.5. The van der Waals surface area contributed by atoms with Crippen molar-refractivity contribution in [2.45, 2.75) is 37.3 Å². The lowest BCUT2D eigenvalue weighted by atomic mass is 9.97. The van der Waals surface area contributed by atoms with Gasteiger partial charge in [0.15, 0.2) is 0 Å². The minimum Gasteiger partial charge on any atom is -0.494 e. The maximum atomic E-state index is 13.5. The molecule has 304 valence electrons. The van der Waals surface area contributed by atoms with Gasteiger partial charge in [0.05, 0.1) is 27.4 Å². The molecule has 17 nitrogen and oxygen atoms in total. The van der Waals surface area contributed by atoms with Gasteiger partial charge in [-0.25, -0.2) is 19.9 Å². The van der Waals surface area contributed by atoms with Crippen molar-refractivity contribution >= 4 is 41.7 Å². The van der Waals surface area contributed by atoms with Crippen molar-refractivity contribution in [1.82, 2.24) is 19.9 Å². The molecular formula is C38H52N6O11P+. The minimum atomic E-state index is -3.01. The van der Waals surface area contributed by atoms with Gasteiger partial charge in [-0.3, -0.25) is 0 Å². The van der Waals surface area contributed by atoms with E-state index in [4.69, 9.17) is 37.5 Å². The normalized spacial score (nSPS) is 18.2. The summed E-state index contributed by atoms with van der Waals surface area (Å²) in [5.74, 6) is -0.333. The highest BCUT2D eigenvalue weighted by Gasteiger charge is 2.50. The number of para-hydroxylation sites is 2. The largest absolute Gasteiger partial charge is 0.703 e. The summed E-state index contributed by atoms with van der Waals surface area (Å²) < 4.78 is 59.0.